The average Bonchev–Trinajstić information content (AvgIpc) is 2.64. The highest BCUT2D eigenvalue weighted by atomic mass is 127. The molecule has 0 saturated carbocycles. The molecule has 160 valence electrons. The van der Waals surface area contributed by atoms with Crippen LogP contribution in [0.4, 0.5) is 8.78 Å². The summed E-state index contributed by atoms with van der Waals surface area (Å²) >= 11 is 0. The molecule has 2 rings (SSSR count). The van der Waals surface area contributed by atoms with Crippen molar-refractivity contribution in [3.05, 3.63) is 65.2 Å². The van der Waals surface area contributed by atoms with Crippen LogP contribution in [0.1, 0.15) is 31.0 Å². The molecule has 0 aromatic heterocycles. The van der Waals surface area contributed by atoms with E-state index in [0.29, 0.717) is 23.8 Å². The molecule has 0 aliphatic heterocycles. The van der Waals surface area contributed by atoms with Gasteiger partial charge >= 0.3 is 0 Å². The maximum absolute atomic E-state index is 13.9. The summed E-state index contributed by atoms with van der Waals surface area (Å²) in [6, 6.07) is 10.6. The van der Waals surface area contributed by atoms with Crippen LogP contribution in [0.15, 0.2) is 47.5 Å². The van der Waals surface area contributed by atoms with Gasteiger partial charge in [-0.1, -0.05) is 18.2 Å². The number of hydrogen-bond donors (Lipinski definition) is 3. The van der Waals surface area contributed by atoms with Crippen LogP contribution < -0.4 is 15.4 Å². The van der Waals surface area contributed by atoms with E-state index in [1.165, 1.54) is 12.1 Å². The van der Waals surface area contributed by atoms with Crippen molar-refractivity contribution in [1.29, 1.82) is 0 Å². The topological polar surface area (TPSA) is 65.9 Å². The maximum Gasteiger partial charge on any atom is 0.191 e. The molecule has 8 heteroatoms. The normalized spacial score (nSPS) is 13.2. The van der Waals surface area contributed by atoms with Crippen molar-refractivity contribution in [1.82, 2.24) is 10.6 Å². The monoisotopic (exact) mass is 519 g/mol. The van der Waals surface area contributed by atoms with Gasteiger partial charge in [-0.3, -0.25) is 4.99 Å². The van der Waals surface area contributed by atoms with Crippen molar-refractivity contribution < 1.29 is 18.6 Å². The number of hydrogen-bond acceptors (Lipinski definition) is 3. The average molecular weight is 519 g/mol. The lowest BCUT2D eigenvalue weighted by Crippen LogP contribution is -2.39. The Kier molecular flexibility index (Phi) is 10.9. The highest BCUT2D eigenvalue weighted by molar-refractivity contribution is 14.0. The lowest BCUT2D eigenvalue weighted by Gasteiger charge is -2.19. The molecule has 0 radical (unpaired) electrons. The third-order valence-electron chi connectivity index (χ3n) is 4.02. The molecule has 0 bridgehead atoms. The Bertz CT molecular complexity index is 805. The zero-order chi connectivity index (χ0) is 20.5. The summed E-state index contributed by atoms with van der Waals surface area (Å²) in [5.41, 5.74) is 1.40. The molecule has 0 saturated heterocycles. The van der Waals surface area contributed by atoms with E-state index < -0.39 is 23.8 Å². The van der Waals surface area contributed by atoms with E-state index in [1.54, 1.807) is 6.92 Å². The summed E-state index contributed by atoms with van der Waals surface area (Å²) in [5, 5.41) is 16.2. The van der Waals surface area contributed by atoms with E-state index in [9.17, 15) is 13.9 Å². The van der Waals surface area contributed by atoms with E-state index in [1.807, 2.05) is 38.1 Å². The largest absolute Gasteiger partial charge is 0.491 e. The van der Waals surface area contributed by atoms with Crippen molar-refractivity contribution in [2.45, 2.75) is 32.9 Å². The number of nitrogens with one attached hydrogen (secondary N) is 2. The molecular weight excluding hydrogens is 491 g/mol. The summed E-state index contributed by atoms with van der Waals surface area (Å²) < 4.78 is 32.6. The predicted molar refractivity (Wildman–Crippen MR) is 122 cm³/mol. The van der Waals surface area contributed by atoms with Crippen LogP contribution in [0, 0.1) is 18.6 Å². The van der Waals surface area contributed by atoms with E-state index in [-0.39, 0.29) is 37.1 Å². The molecule has 0 aliphatic carbocycles. The van der Waals surface area contributed by atoms with Crippen LogP contribution in [-0.2, 0) is 0 Å². The number of guanidine groups is 1. The number of aliphatic hydroxyl groups excluding tert-OH is 1. The molecule has 5 nitrogen and oxygen atoms in total. The summed E-state index contributed by atoms with van der Waals surface area (Å²) in [5.74, 6) is -0.130. The molecule has 0 amide bonds. The lowest BCUT2D eigenvalue weighted by molar-refractivity contribution is 0.114. The second-order valence-electron chi connectivity index (χ2n) is 6.53. The first-order chi connectivity index (χ1) is 13.4. The minimum Gasteiger partial charge on any atom is -0.491 e. The summed E-state index contributed by atoms with van der Waals surface area (Å²) in [6.07, 6.45) is -0.797. The zero-order valence-electron chi connectivity index (χ0n) is 16.8. The van der Waals surface area contributed by atoms with Gasteiger partial charge < -0.3 is 20.5 Å². The highest BCUT2D eigenvalue weighted by Crippen LogP contribution is 2.17. The van der Waals surface area contributed by atoms with Gasteiger partial charge in [0.2, 0.25) is 0 Å². The Balaban J connectivity index is 0.00000420. The number of nitrogens with zero attached hydrogens (tertiary/aromatic N) is 1. The lowest BCUT2D eigenvalue weighted by atomic mass is 10.1. The van der Waals surface area contributed by atoms with Gasteiger partial charge in [0.1, 0.15) is 30.1 Å². The van der Waals surface area contributed by atoms with Crippen LogP contribution in [-0.4, -0.2) is 36.9 Å². The molecule has 0 spiro atoms. The molecule has 3 N–H and O–H groups in total. The van der Waals surface area contributed by atoms with Crippen molar-refractivity contribution in [2.75, 3.05) is 19.7 Å². The fourth-order valence-corrected chi connectivity index (χ4v) is 2.60. The van der Waals surface area contributed by atoms with E-state index >= 15 is 0 Å². The molecule has 2 unspecified atom stereocenters. The van der Waals surface area contributed by atoms with Crippen LogP contribution in [0.25, 0.3) is 0 Å². The molecule has 0 heterocycles. The Hall–Kier alpha value is -1.94. The van der Waals surface area contributed by atoms with Gasteiger partial charge in [0.25, 0.3) is 0 Å². The molecule has 2 aromatic rings. The van der Waals surface area contributed by atoms with Crippen molar-refractivity contribution in [3.8, 4) is 5.75 Å². The second kappa shape index (κ2) is 12.6. The van der Waals surface area contributed by atoms with Crippen LogP contribution in [0.2, 0.25) is 0 Å². The number of benzene rings is 2. The minimum absolute atomic E-state index is 0. The summed E-state index contributed by atoms with van der Waals surface area (Å²) in [6.45, 7) is 6.43. The first kappa shape index (κ1) is 25.1. The SMILES string of the molecule is CCNC(=NCC(O)COc1cccc(C)c1)NC(C)c1ccc(F)cc1F.I. The third-order valence-corrected chi connectivity index (χ3v) is 4.02. The molecular formula is C21H28F2IN3O2. The number of ether oxygens (including phenoxy) is 1. The van der Waals surface area contributed by atoms with E-state index in [0.717, 1.165) is 11.6 Å². The van der Waals surface area contributed by atoms with Crippen molar-refractivity contribution >= 4 is 29.9 Å². The number of rotatable bonds is 8. The van der Waals surface area contributed by atoms with Crippen molar-refractivity contribution in [2.24, 2.45) is 4.99 Å². The van der Waals surface area contributed by atoms with Crippen LogP contribution >= 0.6 is 24.0 Å². The van der Waals surface area contributed by atoms with Gasteiger partial charge in [-0.05, 0) is 44.5 Å². The predicted octanol–water partition coefficient (Wildman–Crippen LogP) is 3.95. The van der Waals surface area contributed by atoms with Crippen LogP contribution in [0.3, 0.4) is 0 Å². The molecule has 0 fully saturated rings. The highest BCUT2D eigenvalue weighted by Gasteiger charge is 2.14. The van der Waals surface area contributed by atoms with Crippen molar-refractivity contribution in [3.63, 3.8) is 0 Å². The Labute approximate surface area is 187 Å². The van der Waals surface area contributed by atoms with Gasteiger partial charge in [-0.15, -0.1) is 24.0 Å². The Morgan fingerprint density at radius 1 is 1.21 bits per heavy atom. The van der Waals surface area contributed by atoms with Gasteiger partial charge in [0.15, 0.2) is 5.96 Å². The van der Waals surface area contributed by atoms with Gasteiger partial charge in [0, 0.05) is 18.2 Å². The maximum atomic E-state index is 13.9. The summed E-state index contributed by atoms with van der Waals surface area (Å²) in [4.78, 5) is 4.32. The smallest absolute Gasteiger partial charge is 0.191 e. The first-order valence-corrected chi connectivity index (χ1v) is 9.26. The Morgan fingerprint density at radius 2 is 1.97 bits per heavy atom. The first-order valence-electron chi connectivity index (χ1n) is 9.26. The fourth-order valence-electron chi connectivity index (χ4n) is 2.60. The molecule has 2 atom stereocenters. The van der Waals surface area contributed by atoms with E-state index in [4.69, 9.17) is 4.74 Å². The standard InChI is InChI=1S/C21H27F2N3O2.HI/c1-4-24-21(26-15(3)19-9-8-16(22)11-20(19)23)25-12-17(27)13-28-18-7-5-6-14(2)10-18;/h5-11,15,17,27H,4,12-13H2,1-3H3,(H2,24,25,26);1H. The van der Waals surface area contributed by atoms with E-state index in [2.05, 4.69) is 15.6 Å². The number of aryl methyl sites for hydroxylation is 1. The summed E-state index contributed by atoms with van der Waals surface area (Å²) in [7, 11) is 0. The molecule has 0 aliphatic rings. The zero-order valence-corrected chi connectivity index (χ0v) is 19.1. The number of aliphatic imine (C=N–C) groups is 1. The third kappa shape index (κ3) is 8.53. The minimum atomic E-state index is -0.797. The van der Waals surface area contributed by atoms with Gasteiger partial charge in [0.05, 0.1) is 12.6 Å². The molecule has 2 aromatic carbocycles. The molecule has 29 heavy (non-hydrogen) atoms. The fraction of sp³-hybridized carbons (Fsp3) is 0.381. The van der Waals surface area contributed by atoms with Gasteiger partial charge in [-0.2, -0.15) is 0 Å². The quantitative estimate of drug-likeness (QED) is 0.281. The van der Waals surface area contributed by atoms with Gasteiger partial charge in [-0.25, -0.2) is 8.78 Å². The second-order valence-corrected chi connectivity index (χ2v) is 6.53. The van der Waals surface area contributed by atoms with Crippen LogP contribution in [0.5, 0.6) is 5.75 Å². The Morgan fingerprint density at radius 3 is 2.62 bits per heavy atom. The number of aliphatic hydroxyl groups is 1. The number of halogens is 3.